The molecule has 1 aromatic carbocycles. The van der Waals surface area contributed by atoms with Crippen LogP contribution in [0.2, 0.25) is 0 Å². The fraction of sp³-hybridized carbons (Fsp3) is 0.610. The quantitative estimate of drug-likeness (QED) is 0.0182. The number of nitrogens with one attached hydrogen (secondary N) is 7. The molecule has 0 heterocycles. The van der Waals surface area contributed by atoms with Crippen LogP contribution < -0.4 is 77.4 Å². The van der Waals surface area contributed by atoms with Crippen molar-refractivity contribution in [3.8, 4) is 0 Å². The molecule has 370 valence electrons. The summed E-state index contributed by atoms with van der Waals surface area (Å²) < 4.78 is 0. The van der Waals surface area contributed by atoms with Gasteiger partial charge < -0.3 is 82.5 Å². The highest BCUT2D eigenvalue weighted by atomic mass is 16.3. The highest BCUT2D eigenvalue weighted by Crippen LogP contribution is 2.11. The van der Waals surface area contributed by atoms with Crippen molar-refractivity contribution < 1.29 is 43.5 Å². The number of hydrogen-bond acceptors (Lipinski definition) is 13. The topological polar surface area (TPSA) is 448 Å². The fourth-order valence-corrected chi connectivity index (χ4v) is 6.22. The van der Waals surface area contributed by atoms with Gasteiger partial charge in [0.25, 0.3) is 0 Å². The molecule has 0 aromatic heterocycles. The number of hydrogen-bond donors (Lipinski definition) is 15. The summed E-state index contributed by atoms with van der Waals surface area (Å²) in [4.78, 5) is 114. The number of amides is 8. The first-order valence-corrected chi connectivity index (χ1v) is 21.8. The van der Waals surface area contributed by atoms with E-state index in [2.05, 4.69) is 47.2 Å². The SMILES string of the molecule is CC(C)C[C@H](NC(=O)[C@H](CCCN=C(N)N)NC(=O)[C@H](CCCN=C(N)N)NC(=O)[C@H](CCCCN)NC(=O)[C@H](C)NC(=O)[C@@H](N)CO)C(=O)N[C@@H](Cc1ccccc1)C(=O)NCC(N)=O. The summed E-state index contributed by atoms with van der Waals surface area (Å²) in [6, 6.07) is 0.0221. The number of benzene rings is 1. The number of nitrogens with zero attached hydrogens (tertiary/aromatic N) is 2. The standard InChI is InChI=1S/C41H72N16O9/c1-23(2)19-30(39(66)57-31(35(62)51-21-32(44)59)20-25-11-5-4-6-12-25)56-38(65)29(15-10-18-50-41(47)48)55-37(64)28(14-9-17-49-40(45)46)54-36(63)27(13-7-8-16-42)53-33(60)24(3)52-34(61)26(43)22-58/h4-6,11-12,23-24,26-31,58H,7-10,13-22,42-43H2,1-3H3,(H2,44,59)(H,51,62)(H,52,61)(H,53,60)(H,54,63)(H,55,64)(H,56,65)(H,57,66)(H4,45,46,49)(H4,47,48,50)/t24-,26-,27-,28-,29-,30-,31-/m0/s1. The van der Waals surface area contributed by atoms with Crippen molar-refractivity contribution in [1.82, 2.24) is 37.2 Å². The molecule has 0 saturated heterocycles. The summed E-state index contributed by atoms with van der Waals surface area (Å²) >= 11 is 0. The summed E-state index contributed by atoms with van der Waals surface area (Å²) in [5.74, 6) is -6.74. The van der Waals surface area contributed by atoms with Crippen LogP contribution in [0.15, 0.2) is 40.3 Å². The lowest BCUT2D eigenvalue weighted by atomic mass is 10.00. The predicted molar refractivity (Wildman–Crippen MR) is 247 cm³/mol. The van der Waals surface area contributed by atoms with Crippen LogP contribution in [0.3, 0.4) is 0 Å². The first-order chi connectivity index (χ1) is 31.2. The van der Waals surface area contributed by atoms with Crippen LogP contribution in [0.5, 0.6) is 0 Å². The van der Waals surface area contributed by atoms with Gasteiger partial charge in [0, 0.05) is 19.5 Å². The monoisotopic (exact) mass is 933 g/mol. The molecule has 1 aromatic rings. The molecule has 0 aliphatic rings. The van der Waals surface area contributed by atoms with Gasteiger partial charge in [0.05, 0.1) is 13.2 Å². The van der Waals surface area contributed by atoms with E-state index in [1.807, 2.05) is 13.8 Å². The number of rotatable bonds is 32. The van der Waals surface area contributed by atoms with Crippen molar-refractivity contribution in [2.75, 3.05) is 32.8 Å². The van der Waals surface area contributed by atoms with Crippen LogP contribution in [-0.2, 0) is 44.8 Å². The summed E-state index contributed by atoms with van der Waals surface area (Å²) in [7, 11) is 0. The fourth-order valence-electron chi connectivity index (χ4n) is 6.22. The van der Waals surface area contributed by atoms with Crippen LogP contribution in [0.1, 0.15) is 77.7 Å². The van der Waals surface area contributed by atoms with E-state index in [0.717, 1.165) is 0 Å². The molecule has 8 amide bonds. The van der Waals surface area contributed by atoms with E-state index in [9.17, 15) is 43.5 Å². The van der Waals surface area contributed by atoms with E-state index in [4.69, 9.17) is 40.1 Å². The van der Waals surface area contributed by atoms with E-state index in [-0.39, 0.29) is 82.4 Å². The summed E-state index contributed by atoms with van der Waals surface area (Å²) in [6.07, 6.45) is 1.34. The van der Waals surface area contributed by atoms with Gasteiger partial charge >= 0.3 is 0 Å². The average Bonchev–Trinajstić information content (AvgIpc) is 3.26. The van der Waals surface area contributed by atoms with Crippen molar-refractivity contribution in [1.29, 1.82) is 0 Å². The number of aliphatic imine (C=N–C) groups is 2. The first-order valence-electron chi connectivity index (χ1n) is 21.8. The van der Waals surface area contributed by atoms with Crippen LogP contribution in [0.4, 0.5) is 0 Å². The summed E-state index contributed by atoms with van der Waals surface area (Å²) in [5, 5.41) is 27.3. The van der Waals surface area contributed by atoms with Gasteiger partial charge in [0.15, 0.2) is 11.9 Å². The molecule has 22 N–H and O–H groups in total. The van der Waals surface area contributed by atoms with E-state index in [1.165, 1.54) is 6.92 Å². The molecule has 0 aliphatic carbocycles. The maximum absolute atomic E-state index is 14.2. The second-order valence-electron chi connectivity index (χ2n) is 16.0. The minimum Gasteiger partial charge on any atom is -0.394 e. The van der Waals surface area contributed by atoms with Gasteiger partial charge in [-0.2, -0.15) is 0 Å². The number of primary amides is 1. The Morgan fingerprint density at radius 2 is 1.03 bits per heavy atom. The van der Waals surface area contributed by atoms with Crippen molar-refractivity contribution in [2.24, 2.45) is 56.0 Å². The predicted octanol–water partition coefficient (Wildman–Crippen LogP) is -5.64. The first kappa shape index (κ1) is 57.4. The van der Waals surface area contributed by atoms with E-state index < -0.39 is 103 Å². The Balaban J connectivity index is 3.52. The molecule has 0 saturated carbocycles. The number of aliphatic hydroxyl groups is 1. The minimum absolute atomic E-state index is 0.0335. The second kappa shape index (κ2) is 31.3. The molecule has 0 spiro atoms. The molecule has 66 heavy (non-hydrogen) atoms. The Hall–Kier alpha value is -6.60. The Morgan fingerprint density at radius 1 is 0.576 bits per heavy atom. The minimum atomic E-state index is -1.33. The lowest BCUT2D eigenvalue weighted by Crippen LogP contribution is -2.60. The van der Waals surface area contributed by atoms with Gasteiger partial charge in [-0.1, -0.05) is 44.2 Å². The molecule has 0 bridgehead atoms. The Kier molecular flexibility index (Phi) is 27.2. The molecular weight excluding hydrogens is 861 g/mol. The van der Waals surface area contributed by atoms with Crippen molar-refractivity contribution in [3.05, 3.63) is 35.9 Å². The Bertz CT molecular complexity index is 1790. The highest BCUT2D eigenvalue weighted by Gasteiger charge is 2.33. The van der Waals surface area contributed by atoms with Crippen LogP contribution >= 0.6 is 0 Å². The van der Waals surface area contributed by atoms with Crippen LogP contribution in [0, 0.1) is 5.92 Å². The van der Waals surface area contributed by atoms with Gasteiger partial charge in [-0.3, -0.25) is 48.3 Å². The van der Waals surface area contributed by atoms with Gasteiger partial charge in [-0.15, -0.1) is 0 Å². The lowest BCUT2D eigenvalue weighted by molar-refractivity contribution is -0.136. The molecule has 1 rings (SSSR count). The normalized spacial score (nSPS) is 14.0. The van der Waals surface area contributed by atoms with Crippen molar-refractivity contribution in [3.63, 3.8) is 0 Å². The van der Waals surface area contributed by atoms with Gasteiger partial charge in [0.2, 0.25) is 47.3 Å². The maximum atomic E-state index is 14.2. The van der Waals surface area contributed by atoms with E-state index in [0.29, 0.717) is 18.4 Å². The molecule has 0 unspecified atom stereocenters. The number of aliphatic hydroxyl groups excluding tert-OH is 1. The smallest absolute Gasteiger partial charge is 0.243 e. The number of carbonyl (C=O) groups is 8. The maximum Gasteiger partial charge on any atom is 0.243 e. The van der Waals surface area contributed by atoms with Crippen LogP contribution in [0.25, 0.3) is 0 Å². The molecule has 0 fully saturated rings. The van der Waals surface area contributed by atoms with E-state index in [1.54, 1.807) is 30.3 Å². The number of carbonyl (C=O) groups excluding carboxylic acids is 8. The average molecular weight is 933 g/mol. The van der Waals surface area contributed by atoms with E-state index >= 15 is 0 Å². The third-order valence-corrected chi connectivity index (χ3v) is 9.71. The van der Waals surface area contributed by atoms with Crippen LogP contribution in [-0.4, -0.2) is 139 Å². The molecule has 25 nitrogen and oxygen atoms in total. The zero-order chi connectivity index (χ0) is 49.8. The molecule has 25 heteroatoms. The highest BCUT2D eigenvalue weighted by molar-refractivity contribution is 5.97. The third-order valence-electron chi connectivity index (χ3n) is 9.71. The largest absolute Gasteiger partial charge is 0.394 e. The van der Waals surface area contributed by atoms with Gasteiger partial charge in [-0.25, -0.2) is 0 Å². The number of unbranched alkanes of at least 4 members (excludes halogenated alkanes) is 1. The lowest BCUT2D eigenvalue weighted by Gasteiger charge is -2.28. The molecule has 0 aliphatic heterocycles. The Morgan fingerprint density at radius 3 is 1.48 bits per heavy atom. The molecule has 7 atom stereocenters. The molecule has 0 radical (unpaired) electrons. The summed E-state index contributed by atoms with van der Waals surface area (Å²) in [5.41, 5.74) is 39.1. The third kappa shape index (κ3) is 23.9. The Labute approximate surface area is 384 Å². The zero-order valence-electron chi connectivity index (χ0n) is 38.1. The van der Waals surface area contributed by atoms with Crippen molar-refractivity contribution >= 4 is 59.2 Å². The second-order valence-corrected chi connectivity index (χ2v) is 16.0. The van der Waals surface area contributed by atoms with Gasteiger partial charge in [-0.05, 0) is 76.3 Å². The van der Waals surface area contributed by atoms with Gasteiger partial charge in [0.1, 0.15) is 42.3 Å². The summed E-state index contributed by atoms with van der Waals surface area (Å²) in [6.45, 7) is 4.24. The van der Waals surface area contributed by atoms with Crippen molar-refractivity contribution in [2.45, 2.75) is 121 Å². The number of guanidine groups is 2. The number of nitrogens with two attached hydrogens (primary N) is 7. The zero-order valence-corrected chi connectivity index (χ0v) is 38.1. The molecular formula is C41H72N16O9.